The van der Waals surface area contributed by atoms with Gasteiger partial charge in [0, 0.05) is 31.2 Å². The Balaban J connectivity index is 1.52. The van der Waals surface area contributed by atoms with Crippen molar-refractivity contribution in [1.82, 2.24) is 15.5 Å². The molecule has 5 heteroatoms. The minimum absolute atomic E-state index is 0.176. The van der Waals surface area contributed by atoms with Gasteiger partial charge in [-0.3, -0.25) is 9.59 Å². The predicted octanol–water partition coefficient (Wildman–Crippen LogP) is 1.03. The summed E-state index contributed by atoms with van der Waals surface area (Å²) in [5.74, 6) is -0.719. The first-order valence-electron chi connectivity index (χ1n) is 8.29. The number of piperidine rings is 2. The molecule has 2 bridgehead atoms. The summed E-state index contributed by atoms with van der Waals surface area (Å²) in [4.78, 5) is 26.4. The van der Waals surface area contributed by atoms with Crippen LogP contribution in [0.4, 0.5) is 0 Å². The van der Waals surface area contributed by atoms with Crippen molar-refractivity contribution < 1.29 is 9.59 Å². The third-order valence-electron chi connectivity index (χ3n) is 5.48. The molecule has 3 aliphatic heterocycles. The summed E-state index contributed by atoms with van der Waals surface area (Å²) in [6, 6.07) is 0.760. The van der Waals surface area contributed by atoms with Crippen LogP contribution in [0, 0.1) is 5.41 Å². The quantitative estimate of drug-likeness (QED) is 0.710. The van der Waals surface area contributed by atoms with Gasteiger partial charge in [-0.25, -0.2) is 0 Å². The Morgan fingerprint density at radius 2 is 1.86 bits per heavy atom. The number of fused-ring (bicyclic) bond motifs is 3. The molecule has 3 heterocycles. The van der Waals surface area contributed by atoms with Gasteiger partial charge in [0.25, 0.3) is 0 Å². The van der Waals surface area contributed by atoms with E-state index in [1.165, 1.54) is 0 Å². The molecule has 0 aromatic carbocycles. The maximum Gasteiger partial charge on any atom is 0.312 e. The van der Waals surface area contributed by atoms with Crippen LogP contribution in [-0.2, 0) is 9.59 Å². The zero-order chi connectivity index (χ0) is 15.0. The van der Waals surface area contributed by atoms with Crippen LogP contribution in [0.3, 0.4) is 0 Å². The van der Waals surface area contributed by atoms with Gasteiger partial charge in [0.2, 0.25) is 0 Å². The third kappa shape index (κ3) is 3.23. The smallest absolute Gasteiger partial charge is 0.312 e. The molecule has 3 saturated heterocycles. The number of piperazine rings is 1. The van der Waals surface area contributed by atoms with E-state index in [0.717, 1.165) is 45.1 Å². The van der Waals surface area contributed by atoms with Gasteiger partial charge >= 0.3 is 11.8 Å². The van der Waals surface area contributed by atoms with Crippen molar-refractivity contribution in [2.75, 3.05) is 13.1 Å². The highest BCUT2D eigenvalue weighted by atomic mass is 16.2. The van der Waals surface area contributed by atoms with Gasteiger partial charge in [0.05, 0.1) is 0 Å². The number of hydrogen-bond acceptors (Lipinski definition) is 3. The molecule has 2 atom stereocenters. The van der Waals surface area contributed by atoms with Crippen molar-refractivity contribution in [1.29, 1.82) is 0 Å². The second-order valence-electron chi connectivity index (χ2n) is 7.71. The SMILES string of the molecule is CC1(C)CCC(NC(=O)C(=O)N2CC3CCC2CN3)CC1. The highest BCUT2D eigenvalue weighted by Crippen LogP contribution is 2.35. The van der Waals surface area contributed by atoms with E-state index in [-0.39, 0.29) is 18.0 Å². The fraction of sp³-hybridized carbons (Fsp3) is 0.875. The van der Waals surface area contributed by atoms with Crippen molar-refractivity contribution >= 4 is 11.8 Å². The van der Waals surface area contributed by atoms with Crippen LogP contribution in [0.5, 0.6) is 0 Å². The standard InChI is InChI=1S/C16H27N3O2/c1-16(2)7-5-11(6-8-16)18-14(20)15(21)19-10-12-3-4-13(19)9-17-12/h11-13,17H,3-10H2,1-2H3,(H,18,20). The first-order valence-corrected chi connectivity index (χ1v) is 8.29. The average molecular weight is 293 g/mol. The number of nitrogens with zero attached hydrogens (tertiary/aromatic N) is 1. The molecule has 4 aliphatic rings. The number of carbonyl (C=O) groups is 2. The second-order valence-corrected chi connectivity index (χ2v) is 7.71. The van der Waals surface area contributed by atoms with Crippen molar-refractivity contribution in [3.05, 3.63) is 0 Å². The Morgan fingerprint density at radius 3 is 2.38 bits per heavy atom. The molecule has 21 heavy (non-hydrogen) atoms. The van der Waals surface area contributed by atoms with E-state index in [4.69, 9.17) is 0 Å². The fourth-order valence-electron chi connectivity index (χ4n) is 3.88. The van der Waals surface area contributed by atoms with E-state index >= 15 is 0 Å². The highest BCUT2D eigenvalue weighted by molar-refractivity contribution is 6.35. The summed E-state index contributed by atoms with van der Waals surface area (Å²) in [6.07, 6.45) is 6.34. The van der Waals surface area contributed by atoms with Crippen LogP contribution in [0.25, 0.3) is 0 Å². The molecule has 118 valence electrons. The van der Waals surface area contributed by atoms with E-state index in [2.05, 4.69) is 24.5 Å². The average Bonchev–Trinajstić information content (AvgIpc) is 2.49. The van der Waals surface area contributed by atoms with Crippen LogP contribution < -0.4 is 10.6 Å². The van der Waals surface area contributed by atoms with Crippen LogP contribution in [0.15, 0.2) is 0 Å². The van der Waals surface area contributed by atoms with Gasteiger partial charge in [-0.2, -0.15) is 0 Å². The molecule has 1 saturated carbocycles. The fourth-order valence-corrected chi connectivity index (χ4v) is 3.88. The minimum atomic E-state index is -0.396. The first kappa shape index (κ1) is 14.8. The summed E-state index contributed by atoms with van der Waals surface area (Å²) in [7, 11) is 0. The van der Waals surface area contributed by atoms with Gasteiger partial charge in [0.1, 0.15) is 0 Å². The van der Waals surface area contributed by atoms with Gasteiger partial charge < -0.3 is 15.5 Å². The Kier molecular flexibility index (Phi) is 3.95. The van der Waals surface area contributed by atoms with Gasteiger partial charge in [0.15, 0.2) is 0 Å². The molecule has 0 aromatic heterocycles. The lowest BCUT2D eigenvalue weighted by molar-refractivity contribution is -0.150. The third-order valence-corrected chi connectivity index (χ3v) is 5.48. The zero-order valence-electron chi connectivity index (χ0n) is 13.2. The number of nitrogens with one attached hydrogen (secondary N) is 2. The maximum atomic E-state index is 12.4. The lowest BCUT2D eigenvalue weighted by atomic mass is 9.75. The monoisotopic (exact) mass is 293 g/mol. The Hall–Kier alpha value is -1.10. The van der Waals surface area contributed by atoms with E-state index in [1.54, 1.807) is 4.90 Å². The van der Waals surface area contributed by atoms with Gasteiger partial charge in [-0.15, -0.1) is 0 Å². The van der Waals surface area contributed by atoms with E-state index in [1.807, 2.05) is 0 Å². The predicted molar refractivity (Wildman–Crippen MR) is 80.7 cm³/mol. The van der Waals surface area contributed by atoms with Gasteiger partial charge in [-0.1, -0.05) is 13.8 Å². The summed E-state index contributed by atoms with van der Waals surface area (Å²) >= 11 is 0. The van der Waals surface area contributed by atoms with Crippen LogP contribution in [0.1, 0.15) is 52.4 Å². The van der Waals surface area contributed by atoms with Crippen LogP contribution >= 0.6 is 0 Å². The largest absolute Gasteiger partial charge is 0.345 e. The zero-order valence-corrected chi connectivity index (χ0v) is 13.2. The van der Waals surface area contributed by atoms with Crippen molar-refractivity contribution in [3.63, 3.8) is 0 Å². The molecule has 0 spiro atoms. The lowest BCUT2D eigenvalue weighted by Gasteiger charge is -2.45. The van der Waals surface area contributed by atoms with Crippen LogP contribution in [-0.4, -0.2) is 47.9 Å². The topological polar surface area (TPSA) is 61.4 Å². The van der Waals surface area contributed by atoms with E-state index < -0.39 is 5.91 Å². The molecule has 5 nitrogen and oxygen atoms in total. The Bertz CT molecular complexity index is 417. The molecule has 4 fully saturated rings. The lowest BCUT2D eigenvalue weighted by Crippen LogP contribution is -2.64. The number of carbonyl (C=O) groups excluding carboxylic acids is 2. The highest BCUT2D eigenvalue weighted by Gasteiger charge is 2.39. The van der Waals surface area contributed by atoms with Gasteiger partial charge in [-0.05, 0) is 43.9 Å². The molecular formula is C16H27N3O2. The summed E-state index contributed by atoms with van der Waals surface area (Å²) in [5.41, 5.74) is 0.378. The number of hydrogen-bond donors (Lipinski definition) is 2. The number of rotatable bonds is 1. The first-order chi connectivity index (χ1) is 9.94. The normalized spacial score (nSPS) is 32.0. The molecular weight excluding hydrogens is 266 g/mol. The second kappa shape index (κ2) is 5.59. The molecule has 0 aromatic rings. The molecule has 2 unspecified atom stereocenters. The molecule has 0 radical (unpaired) electrons. The molecule has 2 amide bonds. The van der Waals surface area contributed by atoms with E-state index in [0.29, 0.717) is 18.0 Å². The Morgan fingerprint density at radius 1 is 1.14 bits per heavy atom. The summed E-state index contributed by atoms with van der Waals surface area (Å²) in [5, 5.41) is 6.37. The number of amides is 2. The summed E-state index contributed by atoms with van der Waals surface area (Å²) < 4.78 is 0. The van der Waals surface area contributed by atoms with Crippen molar-refractivity contribution in [2.24, 2.45) is 5.41 Å². The van der Waals surface area contributed by atoms with Crippen molar-refractivity contribution in [3.8, 4) is 0 Å². The molecule has 2 N–H and O–H groups in total. The summed E-state index contributed by atoms with van der Waals surface area (Å²) in [6.45, 7) is 6.07. The maximum absolute atomic E-state index is 12.4. The van der Waals surface area contributed by atoms with E-state index in [9.17, 15) is 9.59 Å². The minimum Gasteiger partial charge on any atom is -0.345 e. The molecule has 4 rings (SSSR count). The van der Waals surface area contributed by atoms with Crippen LogP contribution in [0.2, 0.25) is 0 Å². The van der Waals surface area contributed by atoms with Crippen molar-refractivity contribution in [2.45, 2.75) is 70.5 Å². The molecule has 1 aliphatic carbocycles. The Labute approximate surface area is 126 Å².